The van der Waals surface area contributed by atoms with Crippen molar-refractivity contribution in [1.29, 1.82) is 0 Å². The third-order valence-corrected chi connectivity index (χ3v) is 5.34. The highest BCUT2D eigenvalue weighted by Crippen LogP contribution is 2.31. The molecule has 3 aromatic rings. The smallest absolute Gasteiger partial charge is 0.228 e. The molecule has 0 aliphatic carbocycles. The molecule has 4 rings (SSSR count). The van der Waals surface area contributed by atoms with Crippen LogP contribution in [0.15, 0.2) is 36.4 Å². The average molecular weight is 453 g/mol. The van der Waals surface area contributed by atoms with Gasteiger partial charge in [-0.3, -0.25) is 4.79 Å². The predicted octanol–water partition coefficient (Wildman–Crippen LogP) is 5.12. The second-order valence-electron chi connectivity index (χ2n) is 7.74. The summed E-state index contributed by atoms with van der Waals surface area (Å²) in [5.41, 5.74) is 4.30. The molecule has 8 heteroatoms. The van der Waals surface area contributed by atoms with Crippen molar-refractivity contribution in [2.24, 2.45) is 5.92 Å². The Bertz CT molecular complexity index is 1050. The van der Waals surface area contributed by atoms with Gasteiger partial charge < -0.3 is 15.2 Å². The van der Waals surface area contributed by atoms with Crippen LogP contribution in [-0.4, -0.2) is 28.5 Å². The number of benzene rings is 2. The van der Waals surface area contributed by atoms with Crippen LogP contribution in [0.3, 0.4) is 0 Å². The van der Waals surface area contributed by atoms with Crippen molar-refractivity contribution in [2.45, 2.75) is 33.2 Å². The Balaban J connectivity index is 0.00000160. The van der Waals surface area contributed by atoms with E-state index in [9.17, 15) is 9.18 Å². The number of aryl methyl sites for hydroxylation is 1. The van der Waals surface area contributed by atoms with Crippen molar-refractivity contribution in [3.8, 4) is 11.4 Å². The molecule has 162 valence electrons. The first-order chi connectivity index (χ1) is 13.4. The van der Waals surface area contributed by atoms with Crippen LogP contribution in [0.4, 0.5) is 10.1 Å². The van der Waals surface area contributed by atoms with Gasteiger partial charge >= 0.3 is 0 Å². The fourth-order valence-corrected chi connectivity index (χ4v) is 3.85. The summed E-state index contributed by atoms with van der Waals surface area (Å²) in [7, 11) is 0. The fourth-order valence-electron chi connectivity index (χ4n) is 3.85. The standard InChI is InChI=1S/C22H25FN4O.2ClH/c1-13(2)27-20-11-17(23)5-7-19(20)25-21(27)15-4-6-18(14(3)10-15)26-22(28)16-8-9-24-12-16;;/h4-7,10-11,13,16,24H,8-9,12H2,1-3H3,(H,26,28);2*1H. The van der Waals surface area contributed by atoms with E-state index in [1.54, 1.807) is 6.07 Å². The lowest BCUT2D eigenvalue weighted by Crippen LogP contribution is -2.24. The summed E-state index contributed by atoms with van der Waals surface area (Å²) in [6.07, 6.45) is 0.873. The number of carbonyl (C=O) groups is 1. The Morgan fingerprint density at radius 1 is 1.23 bits per heavy atom. The first-order valence-corrected chi connectivity index (χ1v) is 9.74. The Morgan fingerprint density at radius 2 is 2.00 bits per heavy atom. The lowest BCUT2D eigenvalue weighted by molar-refractivity contribution is -0.119. The van der Waals surface area contributed by atoms with Crippen LogP contribution in [0.2, 0.25) is 0 Å². The molecule has 1 aromatic heterocycles. The van der Waals surface area contributed by atoms with Gasteiger partial charge in [-0.05, 0) is 75.7 Å². The summed E-state index contributed by atoms with van der Waals surface area (Å²) in [4.78, 5) is 17.2. The maximum absolute atomic E-state index is 13.8. The molecule has 1 atom stereocenters. The molecule has 2 N–H and O–H groups in total. The molecule has 0 saturated carbocycles. The predicted molar refractivity (Wildman–Crippen MR) is 124 cm³/mol. The summed E-state index contributed by atoms with van der Waals surface area (Å²) in [6, 6.07) is 10.7. The first kappa shape index (κ1) is 24.1. The molecule has 1 fully saturated rings. The second kappa shape index (κ2) is 9.77. The van der Waals surface area contributed by atoms with Crippen LogP contribution in [0.1, 0.15) is 31.9 Å². The van der Waals surface area contributed by atoms with E-state index in [4.69, 9.17) is 4.98 Å². The minimum absolute atomic E-state index is 0. The minimum Gasteiger partial charge on any atom is -0.326 e. The van der Waals surface area contributed by atoms with E-state index in [2.05, 4.69) is 29.0 Å². The number of carbonyl (C=O) groups excluding carboxylic acids is 1. The monoisotopic (exact) mass is 452 g/mol. The van der Waals surface area contributed by atoms with Gasteiger partial charge in [-0.1, -0.05) is 0 Å². The molecule has 5 nitrogen and oxygen atoms in total. The van der Waals surface area contributed by atoms with Gasteiger partial charge in [-0.25, -0.2) is 9.37 Å². The van der Waals surface area contributed by atoms with Crippen LogP contribution >= 0.6 is 24.8 Å². The van der Waals surface area contributed by atoms with Gasteiger partial charge in [0, 0.05) is 23.8 Å². The molecule has 0 radical (unpaired) electrons. The lowest BCUT2D eigenvalue weighted by Gasteiger charge is -2.15. The molecule has 1 saturated heterocycles. The van der Waals surface area contributed by atoms with Crippen LogP contribution in [-0.2, 0) is 4.79 Å². The maximum Gasteiger partial charge on any atom is 0.228 e. The molecule has 1 aliphatic rings. The molecular formula is C22H27Cl2FN4O. The molecule has 2 aromatic carbocycles. The first-order valence-electron chi connectivity index (χ1n) is 9.74. The van der Waals surface area contributed by atoms with Gasteiger partial charge in [-0.15, -0.1) is 24.8 Å². The number of hydrogen-bond acceptors (Lipinski definition) is 3. The largest absolute Gasteiger partial charge is 0.326 e. The van der Waals surface area contributed by atoms with Crippen molar-refractivity contribution in [3.63, 3.8) is 0 Å². The molecule has 0 spiro atoms. The van der Waals surface area contributed by atoms with Gasteiger partial charge in [0.25, 0.3) is 0 Å². The van der Waals surface area contributed by atoms with Crippen molar-refractivity contribution in [2.75, 3.05) is 18.4 Å². The van der Waals surface area contributed by atoms with Gasteiger partial charge in [0.05, 0.1) is 17.0 Å². The number of amides is 1. The normalized spacial score (nSPS) is 15.7. The zero-order valence-electron chi connectivity index (χ0n) is 17.2. The van der Waals surface area contributed by atoms with Gasteiger partial charge in [0.15, 0.2) is 0 Å². The third kappa shape index (κ3) is 4.61. The topological polar surface area (TPSA) is 59.0 Å². The quantitative estimate of drug-likeness (QED) is 0.576. The summed E-state index contributed by atoms with van der Waals surface area (Å²) in [5, 5.41) is 6.27. The summed E-state index contributed by atoms with van der Waals surface area (Å²) < 4.78 is 15.8. The second-order valence-corrected chi connectivity index (χ2v) is 7.74. The average Bonchev–Trinajstić information content (AvgIpc) is 3.30. The number of halogens is 3. The summed E-state index contributed by atoms with van der Waals surface area (Å²) in [5.74, 6) is 0.623. The van der Waals surface area contributed by atoms with Crippen LogP contribution in [0.5, 0.6) is 0 Å². The zero-order chi connectivity index (χ0) is 19.8. The number of aromatic nitrogens is 2. The SMILES string of the molecule is Cc1cc(-c2nc3ccc(F)cc3n2C(C)C)ccc1NC(=O)C1CCNC1.Cl.Cl. The number of anilines is 1. The molecule has 1 aliphatic heterocycles. The van der Waals surface area contributed by atoms with E-state index in [1.165, 1.54) is 12.1 Å². The number of rotatable bonds is 4. The molecule has 1 unspecified atom stereocenters. The maximum atomic E-state index is 13.8. The van der Waals surface area contributed by atoms with Gasteiger partial charge in [0.2, 0.25) is 5.91 Å². The van der Waals surface area contributed by atoms with Crippen LogP contribution < -0.4 is 10.6 Å². The number of nitrogens with zero attached hydrogens (tertiary/aromatic N) is 2. The zero-order valence-corrected chi connectivity index (χ0v) is 18.9. The molecule has 2 heterocycles. The van der Waals surface area contributed by atoms with E-state index >= 15 is 0 Å². The molecule has 0 bridgehead atoms. The van der Waals surface area contributed by atoms with Crippen molar-refractivity contribution >= 4 is 47.4 Å². The third-order valence-electron chi connectivity index (χ3n) is 5.34. The number of imidazole rings is 1. The highest BCUT2D eigenvalue weighted by atomic mass is 35.5. The van der Waals surface area contributed by atoms with E-state index in [1.807, 2.05) is 25.1 Å². The van der Waals surface area contributed by atoms with Crippen molar-refractivity contribution < 1.29 is 9.18 Å². The Labute approximate surface area is 188 Å². The summed E-state index contributed by atoms with van der Waals surface area (Å²) >= 11 is 0. The summed E-state index contributed by atoms with van der Waals surface area (Å²) in [6.45, 7) is 7.73. The Morgan fingerprint density at radius 3 is 2.63 bits per heavy atom. The van der Waals surface area contributed by atoms with Gasteiger partial charge in [0.1, 0.15) is 11.6 Å². The number of hydrogen-bond donors (Lipinski definition) is 2. The number of fused-ring (bicyclic) bond motifs is 1. The van der Waals surface area contributed by atoms with E-state index in [0.717, 1.165) is 53.2 Å². The number of nitrogens with one attached hydrogen (secondary N) is 2. The van der Waals surface area contributed by atoms with E-state index in [0.29, 0.717) is 0 Å². The Kier molecular flexibility index (Phi) is 7.86. The van der Waals surface area contributed by atoms with Crippen molar-refractivity contribution in [1.82, 2.24) is 14.9 Å². The molecular weight excluding hydrogens is 426 g/mol. The molecule has 1 amide bonds. The Hall–Kier alpha value is -2.15. The molecule has 30 heavy (non-hydrogen) atoms. The minimum atomic E-state index is -0.267. The fraction of sp³-hybridized carbons (Fsp3) is 0.364. The van der Waals surface area contributed by atoms with Crippen LogP contribution in [0, 0.1) is 18.7 Å². The lowest BCUT2D eigenvalue weighted by atomic mass is 10.1. The highest BCUT2D eigenvalue weighted by Gasteiger charge is 2.23. The van der Waals surface area contributed by atoms with E-state index in [-0.39, 0.29) is 48.5 Å². The van der Waals surface area contributed by atoms with E-state index < -0.39 is 0 Å². The van der Waals surface area contributed by atoms with Crippen LogP contribution in [0.25, 0.3) is 22.4 Å². The van der Waals surface area contributed by atoms with Crippen molar-refractivity contribution in [3.05, 3.63) is 47.8 Å². The highest BCUT2D eigenvalue weighted by molar-refractivity contribution is 5.94. The van der Waals surface area contributed by atoms with Gasteiger partial charge in [-0.2, -0.15) is 0 Å².